The van der Waals surface area contributed by atoms with Gasteiger partial charge in [0.2, 0.25) is 5.91 Å². The summed E-state index contributed by atoms with van der Waals surface area (Å²) in [7, 11) is 0. The summed E-state index contributed by atoms with van der Waals surface area (Å²) in [5.74, 6) is 3.47. The Morgan fingerprint density at radius 1 is 1.11 bits per heavy atom. The van der Waals surface area contributed by atoms with E-state index in [1.807, 2.05) is 0 Å². The first-order chi connectivity index (χ1) is 8.72. The van der Waals surface area contributed by atoms with Gasteiger partial charge in [-0.25, -0.2) is 0 Å². The Morgan fingerprint density at radius 3 is 2.28 bits per heavy atom. The van der Waals surface area contributed by atoms with Gasteiger partial charge in [-0.2, -0.15) is 0 Å². The number of amides is 1. The highest BCUT2D eigenvalue weighted by molar-refractivity contribution is 5.74. The van der Waals surface area contributed by atoms with Crippen LogP contribution in [0.2, 0.25) is 0 Å². The summed E-state index contributed by atoms with van der Waals surface area (Å²) in [5, 5.41) is 3.66. The lowest BCUT2D eigenvalue weighted by molar-refractivity contribution is -0.122. The molecule has 0 heterocycles. The van der Waals surface area contributed by atoms with Crippen LogP contribution in [0.15, 0.2) is 0 Å². The highest BCUT2D eigenvalue weighted by atomic mass is 16.5. The van der Waals surface area contributed by atoms with E-state index in [0.29, 0.717) is 12.6 Å². The first-order valence-electron chi connectivity index (χ1n) is 7.32. The molecule has 4 bridgehead atoms. The fraction of sp³-hybridized carbons (Fsp3) is 0.929. The number of hydrogen-bond donors (Lipinski definition) is 2. The van der Waals surface area contributed by atoms with Crippen LogP contribution in [0.25, 0.3) is 0 Å². The van der Waals surface area contributed by atoms with E-state index in [2.05, 4.69) is 5.32 Å². The van der Waals surface area contributed by atoms with Gasteiger partial charge in [-0.1, -0.05) is 0 Å². The van der Waals surface area contributed by atoms with Gasteiger partial charge in [-0.05, 0) is 55.8 Å². The Balaban J connectivity index is 1.42. The van der Waals surface area contributed by atoms with E-state index in [1.165, 1.54) is 32.1 Å². The second kappa shape index (κ2) is 5.17. The Morgan fingerprint density at radius 2 is 1.72 bits per heavy atom. The molecule has 4 nitrogen and oxygen atoms in total. The summed E-state index contributed by atoms with van der Waals surface area (Å²) in [5.41, 5.74) is 5.03. The molecule has 4 aliphatic carbocycles. The maximum absolute atomic E-state index is 10.5. The van der Waals surface area contributed by atoms with Crippen molar-refractivity contribution in [2.45, 2.75) is 38.1 Å². The summed E-state index contributed by atoms with van der Waals surface area (Å²) < 4.78 is 5.20. The van der Waals surface area contributed by atoms with E-state index < -0.39 is 0 Å². The third kappa shape index (κ3) is 2.54. The van der Waals surface area contributed by atoms with Crippen LogP contribution in [-0.2, 0) is 9.53 Å². The average Bonchev–Trinajstić information content (AvgIpc) is 2.30. The van der Waals surface area contributed by atoms with Gasteiger partial charge in [0, 0.05) is 12.6 Å². The van der Waals surface area contributed by atoms with Crippen molar-refractivity contribution >= 4 is 5.91 Å². The second-order valence-corrected chi connectivity index (χ2v) is 6.43. The Bertz CT molecular complexity index is 291. The molecule has 0 aliphatic heterocycles. The molecule has 4 rings (SSSR count). The van der Waals surface area contributed by atoms with E-state index in [4.69, 9.17) is 10.5 Å². The fourth-order valence-electron chi connectivity index (χ4n) is 4.73. The second-order valence-electron chi connectivity index (χ2n) is 6.43. The molecule has 1 amide bonds. The molecule has 0 aromatic heterocycles. The van der Waals surface area contributed by atoms with Gasteiger partial charge >= 0.3 is 0 Å². The standard InChI is InChI=1S/C14H24N2O2/c15-13(17)8-18-2-1-16-14-11-4-9-3-10(6-11)7-12(14)5-9/h9-12,14,16H,1-8H2,(H2,15,17). The van der Waals surface area contributed by atoms with E-state index in [0.717, 1.165) is 30.2 Å². The number of carbonyl (C=O) groups excluding carboxylic acids is 1. The number of rotatable bonds is 6. The van der Waals surface area contributed by atoms with Crippen molar-refractivity contribution < 1.29 is 9.53 Å². The lowest BCUT2D eigenvalue weighted by atomic mass is 9.54. The van der Waals surface area contributed by atoms with Crippen LogP contribution in [-0.4, -0.2) is 31.7 Å². The van der Waals surface area contributed by atoms with E-state index in [1.54, 1.807) is 0 Å². The molecule has 0 saturated heterocycles. The van der Waals surface area contributed by atoms with Crippen LogP contribution in [0, 0.1) is 23.7 Å². The number of nitrogens with two attached hydrogens (primary N) is 1. The van der Waals surface area contributed by atoms with Crippen molar-refractivity contribution in [3.05, 3.63) is 0 Å². The zero-order valence-electron chi connectivity index (χ0n) is 10.9. The molecule has 0 spiro atoms. The SMILES string of the molecule is NC(=O)COCCNC1C2CC3CC(C2)CC1C3. The maximum Gasteiger partial charge on any atom is 0.243 e. The molecular formula is C14H24N2O2. The molecule has 4 fully saturated rings. The Labute approximate surface area is 109 Å². The van der Waals surface area contributed by atoms with Crippen molar-refractivity contribution in [2.75, 3.05) is 19.8 Å². The van der Waals surface area contributed by atoms with Crippen LogP contribution in [0.3, 0.4) is 0 Å². The first-order valence-corrected chi connectivity index (χ1v) is 7.32. The van der Waals surface area contributed by atoms with E-state index in [-0.39, 0.29) is 12.5 Å². The number of ether oxygens (including phenoxy) is 1. The minimum absolute atomic E-state index is 0.0450. The monoisotopic (exact) mass is 252 g/mol. The first kappa shape index (κ1) is 12.4. The van der Waals surface area contributed by atoms with Crippen molar-refractivity contribution in [3.63, 3.8) is 0 Å². The summed E-state index contributed by atoms with van der Waals surface area (Å²) in [6.45, 7) is 1.48. The highest BCUT2D eigenvalue weighted by Gasteiger charge is 2.47. The lowest BCUT2D eigenvalue weighted by Crippen LogP contribution is -2.55. The molecule has 102 valence electrons. The number of primary amides is 1. The number of carbonyl (C=O) groups is 1. The molecule has 0 aromatic carbocycles. The Hall–Kier alpha value is -0.610. The molecule has 0 aromatic rings. The third-order valence-electron chi connectivity index (χ3n) is 5.10. The summed E-state index contributed by atoms with van der Waals surface area (Å²) in [6.07, 6.45) is 7.25. The topological polar surface area (TPSA) is 64.4 Å². The van der Waals surface area contributed by atoms with Crippen molar-refractivity contribution in [2.24, 2.45) is 29.4 Å². The van der Waals surface area contributed by atoms with Crippen LogP contribution < -0.4 is 11.1 Å². The molecule has 0 atom stereocenters. The van der Waals surface area contributed by atoms with E-state index >= 15 is 0 Å². The molecule has 0 unspecified atom stereocenters. The minimum atomic E-state index is -0.385. The smallest absolute Gasteiger partial charge is 0.243 e. The molecule has 4 aliphatic rings. The normalized spacial score (nSPS) is 41.2. The van der Waals surface area contributed by atoms with E-state index in [9.17, 15) is 4.79 Å². The molecular weight excluding hydrogens is 228 g/mol. The Kier molecular flexibility index (Phi) is 3.57. The zero-order valence-corrected chi connectivity index (χ0v) is 10.9. The van der Waals surface area contributed by atoms with Gasteiger partial charge in [0.1, 0.15) is 6.61 Å². The van der Waals surface area contributed by atoms with Gasteiger partial charge in [-0.3, -0.25) is 4.79 Å². The molecule has 0 radical (unpaired) electrons. The van der Waals surface area contributed by atoms with Crippen LogP contribution in [0.5, 0.6) is 0 Å². The summed E-state index contributed by atoms with van der Waals surface area (Å²) in [6, 6.07) is 0.704. The molecule has 18 heavy (non-hydrogen) atoms. The minimum Gasteiger partial charge on any atom is -0.370 e. The van der Waals surface area contributed by atoms with Crippen LogP contribution >= 0.6 is 0 Å². The van der Waals surface area contributed by atoms with Crippen LogP contribution in [0.1, 0.15) is 32.1 Å². The fourth-order valence-corrected chi connectivity index (χ4v) is 4.73. The van der Waals surface area contributed by atoms with Gasteiger partial charge in [0.25, 0.3) is 0 Å². The number of nitrogens with one attached hydrogen (secondary N) is 1. The van der Waals surface area contributed by atoms with Gasteiger partial charge in [-0.15, -0.1) is 0 Å². The molecule has 4 saturated carbocycles. The van der Waals surface area contributed by atoms with Crippen molar-refractivity contribution in [3.8, 4) is 0 Å². The van der Waals surface area contributed by atoms with Gasteiger partial charge in [0.05, 0.1) is 6.61 Å². The maximum atomic E-state index is 10.5. The van der Waals surface area contributed by atoms with Crippen molar-refractivity contribution in [1.82, 2.24) is 5.32 Å². The summed E-state index contributed by atoms with van der Waals surface area (Å²) in [4.78, 5) is 10.5. The highest BCUT2D eigenvalue weighted by Crippen LogP contribution is 2.53. The van der Waals surface area contributed by atoms with Gasteiger partial charge in [0.15, 0.2) is 0 Å². The molecule has 3 N–H and O–H groups in total. The summed E-state index contributed by atoms with van der Waals surface area (Å²) >= 11 is 0. The number of hydrogen-bond acceptors (Lipinski definition) is 3. The zero-order chi connectivity index (χ0) is 12.5. The largest absolute Gasteiger partial charge is 0.370 e. The quantitative estimate of drug-likeness (QED) is 0.690. The third-order valence-corrected chi connectivity index (χ3v) is 5.10. The average molecular weight is 252 g/mol. The predicted octanol–water partition coefficient (Wildman–Crippen LogP) is 0.903. The van der Waals surface area contributed by atoms with Crippen LogP contribution in [0.4, 0.5) is 0 Å². The molecule has 4 heteroatoms. The lowest BCUT2D eigenvalue weighted by Gasteiger charge is -2.54. The predicted molar refractivity (Wildman–Crippen MR) is 68.8 cm³/mol. The van der Waals surface area contributed by atoms with Gasteiger partial charge < -0.3 is 15.8 Å². The van der Waals surface area contributed by atoms with Crippen molar-refractivity contribution in [1.29, 1.82) is 0 Å².